The van der Waals surface area contributed by atoms with Crippen molar-refractivity contribution in [2.45, 2.75) is 25.3 Å². The molecule has 1 saturated carbocycles. The zero-order chi connectivity index (χ0) is 12.3. The fourth-order valence-corrected chi connectivity index (χ4v) is 2.59. The molecule has 0 aromatic heterocycles. The molecule has 1 atom stereocenters. The van der Waals surface area contributed by atoms with Gasteiger partial charge in [0.2, 0.25) is 0 Å². The Morgan fingerprint density at radius 1 is 1.29 bits per heavy atom. The molecule has 0 aromatic carbocycles. The lowest BCUT2D eigenvalue weighted by Gasteiger charge is -2.41. The summed E-state index contributed by atoms with van der Waals surface area (Å²) in [4.78, 5) is 15.1. The minimum absolute atomic E-state index is 0.124. The van der Waals surface area contributed by atoms with Crippen LogP contribution in [0.15, 0.2) is 0 Å². The van der Waals surface area contributed by atoms with E-state index < -0.39 is 5.97 Å². The second kappa shape index (κ2) is 5.80. The van der Waals surface area contributed by atoms with Crippen LogP contribution in [0, 0.1) is 5.92 Å². The van der Waals surface area contributed by atoms with E-state index in [-0.39, 0.29) is 13.2 Å². The van der Waals surface area contributed by atoms with Gasteiger partial charge in [-0.1, -0.05) is 0 Å². The number of hydrogen-bond donors (Lipinski definition) is 2. The van der Waals surface area contributed by atoms with Crippen molar-refractivity contribution < 1.29 is 15.0 Å². The predicted molar refractivity (Wildman–Crippen MR) is 63.9 cm³/mol. The van der Waals surface area contributed by atoms with E-state index in [9.17, 15) is 4.79 Å². The fraction of sp³-hybridized carbons (Fsp3) is 0.917. The Morgan fingerprint density at radius 3 is 2.65 bits per heavy atom. The molecule has 0 spiro atoms. The third-order valence-electron chi connectivity index (χ3n) is 3.70. The van der Waals surface area contributed by atoms with Crippen LogP contribution in [-0.4, -0.2) is 71.4 Å². The van der Waals surface area contributed by atoms with E-state index in [4.69, 9.17) is 10.2 Å². The Labute approximate surface area is 102 Å². The summed E-state index contributed by atoms with van der Waals surface area (Å²) < 4.78 is 0. The lowest BCUT2D eigenvalue weighted by molar-refractivity contribution is -0.139. The number of carbonyl (C=O) groups is 1. The highest BCUT2D eigenvalue weighted by Crippen LogP contribution is 2.31. The van der Waals surface area contributed by atoms with Gasteiger partial charge < -0.3 is 10.2 Å². The van der Waals surface area contributed by atoms with Gasteiger partial charge in [-0.25, -0.2) is 0 Å². The van der Waals surface area contributed by atoms with Crippen LogP contribution in [0.5, 0.6) is 0 Å². The summed E-state index contributed by atoms with van der Waals surface area (Å²) in [7, 11) is 0. The standard InChI is InChI=1S/C12H22N2O3/c15-6-3-11-8-13(9-12(16)17)4-5-14(11)7-10-1-2-10/h10-11,15H,1-9H2,(H,16,17). The monoisotopic (exact) mass is 242 g/mol. The Bertz CT molecular complexity index is 268. The summed E-state index contributed by atoms with van der Waals surface area (Å²) >= 11 is 0. The molecule has 2 fully saturated rings. The average Bonchev–Trinajstić information content (AvgIpc) is 3.05. The summed E-state index contributed by atoms with van der Waals surface area (Å²) in [5, 5.41) is 17.9. The summed E-state index contributed by atoms with van der Waals surface area (Å²) in [6, 6.07) is 0.327. The Hall–Kier alpha value is -0.650. The number of aliphatic hydroxyl groups excluding tert-OH is 1. The van der Waals surface area contributed by atoms with Crippen LogP contribution in [0.1, 0.15) is 19.3 Å². The predicted octanol–water partition coefficient (Wildman–Crippen LogP) is -0.150. The quantitative estimate of drug-likeness (QED) is 0.678. The minimum Gasteiger partial charge on any atom is -0.480 e. The van der Waals surface area contributed by atoms with Crippen LogP contribution in [0.2, 0.25) is 0 Å². The van der Waals surface area contributed by atoms with Gasteiger partial charge in [0.05, 0.1) is 6.54 Å². The molecule has 17 heavy (non-hydrogen) atoms. The lowest BCUT2D eigenvalue weighted by Crippen LogP contribution is -2.54. The second-order valence-electron chi connectivity index (χ2n) is 5.23. The molecule has 98 valence electrons. The highest BCUT2D eigenvalue weighted by molar-refractivity contribution is 5.69. The normalized spacial score (nSPS) is 27.2. The van der Waals surface area contributed by atoms with E-state index in [0.717, 1.165) is 38.5 Å². The molecule has 5 heteroatoms. The number of piperazine rings is 1. The van der Waals surface area contributed by atoms with Crippen LogP contribution in [-0.2, 0) is 4.79 Å². The van der Waals surface area contributed by atoms with E-state index in [1.54, 1.807) is 0 Å². The molecule has 1 heterocycles. The summed E-state index contributed by atoms with van der Waals surface area (Å²) in [6.45, 7) is 3.99. The van der Waals surface area contributed by atoms with Gasteiger partial charge in [-0.2, -0.15) is 0 Å². The van der Waals surface area contributed by atoms with Crippen molar-refractivity contribution in [3.63, 3.8) is 0 Å². The number of hydrogen-bond acceptors (Lipinski definition) is 4. The van der Waals surface area contributed by atoms with Crippen molar-refractivity contribution in [2.75, 3.05) is 39.3 Å². The minimum atomic E-state index is -0.761. The van der Waals surface area contributed by atoms with Gasteiger partial charge in [0, 0.05) is 38.8 Å². The first-order valence-electron chi connectivity index (χ1n) is 6.48. The van der Waals surface area contributed by atoms with Gasteiger partial charge in [-0.15, -0.1) is 0 Å². The van der Waals surface area contributed by atoms with E-state index in [0.29, 0.717) is 6.04 Å². The maximum Gasteiger partial charge on any atom is 0.317 e. The lowest BCUT2D eigenvalue weighted by atomic mass is 10.1. The third-order valence-corrected chi connectivity index (χ3v) is 3.70. The first kappa shape index (κ1) is 12.8. The van der Waals surface area contributed by atoms with Crippen molar-refractivity contribution in [3.8, 4) is 0 Å². The van der Waals surface area contributed by atoms with Gasteiger partial charge >= 0.3 is 5.97 Å². The smallest absolute Gasteiger partial charge is 0.317 e. The molecular weight excluding hydrogens is 220 g/mol. The van der Waals surface area contributed by atoms with Crippen molar-refractivity contribution in [1.82, 2.24) is 9.80 Å². The first-order valence-corrected chi connectivity index (χ1v) is 6.48. The zero-order valence-corrected chi connectivity index (χ0v) is 10.2. The molecule has 0 bridgehead atoms. The molecule has 2 N–H and O–H groups in total. The van der Waals surface area contributed by atoms with Crippen molar-refractivity contribution >= 4 is 5.97 Å². The number of rotatable bonds is 6. The van der Waals surface area contributed by atoms with Gasteiger partial charge in [0.15, 0.2) is 0 Å². The van der Waals surface area contributed by atoms with Crippen LogP contribution in [0.3, 0.4) is 0 Å². The van der Waals surface area contributed by atoms with Gasteiger partial charge in [0.25, 0.3) is 0 Å². The second-order valence-corrected chi connectivity index (χ2v) is 5.23. The van der Waals surface area contributed by atoms with Crippen LogP contribution in [0.4, 0.5) is 0 Å². The zero-order valence-electron chi connectivity index (χ0n) is 10.2. The third kappa shape index (κ3) is 3.94. The molecule has 2 rings (SSSR count). The SMILES string of the molecule is O=C(O)CN1CCN(CC2CC2)C(CCO)C1. The molecule has 0 radical (unpaired) electrons. The maximum atomic E-state index is 10.7. The van der Waals surface area contributed by atoms with E-state index in [1.165, 1.54) is 12.8 Å². The highest BCUT2D eigenvalue weighted by atomic mass is 16.4. The summed E-state index contributed by atoms with van der Waals surface area (Å²) in [5.74, 6) is 0.0885. The topological polar surface area (TPSA) is 64.0 Å². The molecular formula is C12H22N2O3. The molecule has 0 aromatic rings. The number of nitrogens with zero attached hydrogens (tertiary/aromatic N) is 2. The van der Waals surface area contributed by atoms with Crippen molar-refractivity contribution in [1.29, 1.82) is 0 Å². The number of carboxylic acid groups (broad SMARTS) is 1. The Balaban J connectivity index is 1.84. The number of aliphatic carboxylic acids is 1. The van der Waals surface area contributed by atoms with Crippen molar-refractivity contribution in [3.05, 3.63) is 0 Å². The fourth-order valence-electron chi connectivity index (χ4n) is 2.59. The molecule has 1 unspecified atom stereocenters. The largest absolute Gasteiger partial charge is 0.480 e. The Kier molecular flexibility index (Phi) is 4.36. The summed E-state index contributed by atoms with van der Waals surface area (Å²) in [5.41, 5.74) is 0. The maximum absolute atomic E-state index is 10.7. The summed E-state index contributed by atoms with van der Waals surface area (Å²) in [6.07, 6.45) is 3.42. The molecule has 5 nitrogen and oxygen atoms in total. The van der Waals surface area contributed by atoms with Crippen molar-refractivity contribution in [2.24, 2.45) is 5.92 Å². The van der Waals surface area contributed by atoms with Crippen LogP contribution < -0.4 is 0 Å². The average molecular weight is 242 g/mol. The van der Waals surface area contributed by atoms with E-state index >= 15 is 0 Å². The first-order chi connectivity index (χ1) is 8.19. The molecule has 1 aliphatic carbocycles. The molecule has 2 aliphatic rings. The molecule has 1 aliphatic heterocycles. The van der Waals surface area contributed by atoms with E-state index in [2.05, 4.69) is 4.90 Å². The highest BCUT2D eigenvalue weighted by Gasteiger charge is 2.32. The van der Waals surface area contributed by atoms with E-state index in [1.807, 2.05) is 4.90 Å². The Morgan fingerprint density at radius 2 is 2.06 bits per heavy atom. The van der Waals surface area contributed by atoms with Gasteiger partial charge in [-0.3, -0.25) is 14.6 Å². The number of carboxylic acids is 1. The van der Waals surface area contributed by atoms with Gasteiger partial charge in [-0.05, 0) is 25.2 Å². The van der Waals surface area contributed by atoms with Crippen LogP contribution in [0.25, 0.3) is 0 Å². The molecule has 0 amide bonds. The van der Waals surface area contributed by atoms with Gasteiger partial charge in [0.1, 0.15) is 0 Å². The van der Waals surface area contributed by atoms with Crippen LogP contribution >= 0.6 is 0 Å². The molecule has 1 saturated heterocycles. The number of aliphatic hydroxyl groups is 1.